The Balaban J connectivity index is 1.72. The van der Waals surface area contributed by atoms with Crippen molar-refractivity contribution in [1.82, 2.24) is 10.2 Å². The summed E-state index contributed by atoms with van der Waals surface area (Å²) in [7, 11) is -4.01. The molecule has 0 radical (unpaired) electrons. The average Bonchev–Trinajstić information content (AvgIpc) is 2.75. The first-order valence-corrected chi connectivity index (χ1v) is 12.6. The molecule has 10 heteroatoms. The lowest BCUT2D eigenvalue weighted by Gasteiger charge is -2.26. The predicted octanol–water partition coefficient (Wildman–Crippen LogP) is 3.34. The smallest absolute Gasteiger partial charge is 0.264 e. The number of ether oxygens (including phenoxy) is 1. The first-order chi connectivity index (χ1) is 15.3. The molecule has 1 N–H and O–H groups in total. The molecule has 0 aromatic heterocycles. The van der Waals surface area contributed by atoms with Crippen LogP contribution in [0.3, 0.4) is 0 Å². The zero-order chi connectivity index (χ0) is 23.1. The lowest BCUT2D eigenvalue weighted by molar-refractivity contribution is -0.119. The minimum absolute atomic E-state index is 0.0827. The molecule has 0 spiro atoms. The summed E-state index contributed by atoms with van der Waals surface area (Å²) in [6.07, 6.45) is 0.763. The molecule has 0 unspecified atom stereocenters. The average molecular weight is 500 g/mol. The van der Waals surface area contributed by atoms with E-state index in [1.54, 1.807) is 12.1 Å². The number of aryl methyl sites for hydroxylation is 1. The Morgan fingerprint density at radius 2 is 1.72 bits per heavy atom. The molecule has 2 aromatic rings. The Morgan fingerprint density at radius 1 is 1.09 bits per heavy atom. The van der Waals surface area contributed by atoms with Gasteiger partial charge in [-0.2, -0.15) is 0 Å². The number of anilines is 1. The highest BCUT2D eigenvalue weighted by molar-refractivity contribution is 7.92. The largest absolute Gasteiger partial charge is 0.379 e. The number of carbonyl (C=O) groups is 1. The maximum absolute atomic E-state index is 13.4. The van der Waals surface area contributed by atoms with E-state index in [9.17, 15) is 13.2 Å². The van der Waals surface area contributed by atoms with Gasteiger partial charge in [0.05, 0.1) is 23.8 Å². The van der Waals surface area contributed by atoms with Gasteiger partial charge in [0.15, 0.2) is 0 Å². The van der Waals surface area contributed by atoms with Crippen LogP contribution in [-0.4, -0.2) is 65.2 Å². The molecular formula is C22H27Cl2N3O4S. The highest BCUT2D eigenvalue weighted by atomic mass is 35.5. The van der Waals surface area contributed by atoms with Crippen LogP contribution >= 0.6 is 23.2 Å². The fraction of sp³-hybridized carbons (Fsp3) is 0.409. The maximum atomic E-state index is 13.4. The van der Waals surface area contributed by atoms with Crippen molar-refractivity contribution in [3.63, 3.8) is 0 Å². The first kappa shape index (κ1) is 24.8. The molecule has 1 heterocycles. The number of carbonyl (C=O) groups excluding carboxylic acids is 1. The lowest BCUT2D eigenvalue weighted by atomic mass is 10.2. The van der Waals surface area contributed by atoms with E-state index in [1.807, 2.05) is 6.92 Å². The molecule has 1 aliphatic rings. The molecule has 32 heavy (non-hydrogen) atoms. The molecule has 1 aliphatic heterocycles. The summed E-state index contributed by atoms with van der Waals surface area (Å²) < 4.78 is 33.1. The predicted molar refractivity (Wildman–Crippen MR) is 127 cm³/mol. The van der Waals surface area contributed by atoms with Crippen molar-refractivity contribution in [2.45, 2.75) is 18.2 Å². The topological polar surface area (TPSA) is 79.0 Å². The second-order valence-electron chi connectivity index (χ2n) is 7.61. The minimum atomic E-state index is -4.01. The maximum Gasteiger partial charge on any atom is 0.264 e. The van der Waals surface area contributed by atoms with Gasteiger partial charge in [0.25, 0.3) is 10.0 Å². The Morgan fingerprint density at radius 3 is 2.34 bits per heavy atom. The molecule has 1 fully saturated rings. The third kappa shape index (κ3) is 6.83. The number of nitrogens with one attached hydrogen (secondary N) is 1. The summed E-state index contributed by atoms with van der Waals surface area (Å²) in [5.74, 6) is -0.404. The molecular weight excluding hydrogens is 473 g/mol. The van der Waals surface area contributed by atoms with Gasteiger partial charge in [-0.1, -0.05) is 40.9 Å². The zero-order valence-electron chi connectivity index (χ0n) is 17.9. The van der Waals surface area contributed by atoms with Crippen molar-refractivity contribution in [2.75, 3.05) is 50.2 Å². The number of rotatable bonds is 9. The van der Waals surface area contributed by atoms with Gasteiger partial charge >= 0.3 is 0 Å². The number of amides is 1. The van der Waals surface area contributed by atoms with Crippen LogP contribution in [0.5, 0.6) is 0 Å². The molecule has 1 saturated heterocycles. The summed E-state index contributed by atoms with van der Waals surface area (Å²) in [5, 5.41) is 3.38. The molecule has 174 valence electrons. The highest BCUT2D eigenvalue weighted by Gasteiger charge is 2.27. The molecule has 0 saturated carbocycles. The van der Waals surface area contributed by atoms with Gasteiger partial charge < -0.3 is 10.1 Å². The van der Waals surface area contributed by atoms with Crippen molar-refractivity contribution < 1.29 is 17.9 Å². The third-order valence-corrected chi connectivity index (χ3v) is 7.33. The third-order valence-electron chi connectivity index (χ3n) is 5.11. The van der Waals surface area contributed by atoms with Crippen molar-refractivity contribution in [1.29, 1.82) is 0 Å². The number of halogens is 2. The Bertz CT molecular complexity index is 1010. The van der Waals surface area contributed by atoms with Crippen LogP contribution in [0.25, 0.3) is 0 Å². The van der Waals surface area contributed by atoms with Crippen LogP contribution < -0.4 is 9.62 Å². The molecule has 0 aliphatic carbocycles. The summed E-state index contributed by atoms with van der Waals surface area (Å²) in [6, 6.07) is 10.9. The number of morpholine rings is 1. The molecule has 2 aromatic carbocycles. The molecule has 0 atom stereocenters. The van der Waals surface area contributed by atoms with E-state index in [1.165, 1.54) is 30.3 Å². The van der Waals surface area contributed by atoms with E-state index >= 15 is 0 Å². The fourth-order valence-electron chi connectivity index (χ4n) is 3.38. The Labute approximate surface area is 199 Å². The number of benzene rings is 2. The van der Waals surface area contributed by atoms with Crippen LogP contribution in [0.15, 0.2) is 47.4 Å². The standard InChI is InChI=1S/C22H27Cl2N3O4S/c1-17-3-5-21(6-4-17)32(29,30)27(20-14-18(23)13-19(24)15-20)16-22(28)25-7-2-8-26-9-11-31-12-10-26/h3-6,13-15H,2,7-12,16H2,1H3,(H,25,28). The van der Waals surface area contributed by atoms with E-state index in [-0.39, 0.29) is 27.2 Å². The number of sulfonamides is 1. The van der Waals surface area contributed by atoms with E-state index in [2.05, 4.69) is 10.2 Å². The van der Waals surface area contributed by atoms with Crippen LogP contribution in [0.4, 0.5) is 5.69 Å². The summed E-state index contributed by atoms with van der Waals surface area (Å²) in [4.78, 5) is 15.0. The van der Waals surface area contributed by atoms with Crippen LogP contribution in [0.1, 0.15) is 12.0 Å². The van der Waals surface area contributed by atoms with Crippen LogP contribution in [-0.2, 0) is 19.6 Å². The van der Waals surface area contributed by atoms with E-state index < -0.39 is 15.9 Å². The first-order valence-electron chi connectivity index (χ1n) is 10.4. The zero-order valence-corrected chi connectivity index (χ0v) is 20.2. The van der Waals surface area contributed by atoms with E-state index in [4.69, 9.17) is 27.9 Å². The second-order valence-corrected chi connectivity index (χ2v) is 10.3. The van der Waals surface area contributed by atoms with E-state index in [0.717, 1.165) is 49.1 Å². The van der Waals surface area contributed by atoms with Crippen molar-refractivity contribution >= 4 is 44.8 Å². The Kier molecular flexibility index (Phi) is 8.79. The number of nitrogens with zero attached hydrogens (tertiary/aromatic N) is 2. The van der Waals surface area contributed by atoms with Crippen molar-refractivity contribution in [2.24, 2.45) is 0 Å². The molecule has 7 nitrogen and oxygen atoms in total. The summed E-state index contributed by atoms with van der Waals surface area (Å²) in [5.41, 5.74) is 1.16. The van der Waals surface area contributed by atoms with Crippen LogP contribution in [0, 0.1) is 6.92 Å². The van der Waals surface area contributed by atoms with Gasteiger partial charge in [-0.25, -0.2) is 8.42 Å². The van der Waals surface area contributed by atoms with Gasteiger partial charge in [0, 0.05) is 29.7 Å². The second kappa shape index (κ2) is 11.3. The monoisotopic (exact) mass is 499 g/mol. The molecule has 0 bridgehead atoms. The fourth-order valence-corrected chi connectivity index (χ4v) is 5.30. The minimum Gasteiger partial charge on any atom is -0.379 e. The van der Waals surface area contributed by atoms with Gasteiger partial charge in [-0.15, -0.1) is 0 Å². The SMILES string of the molecule is Cc1ccc(S(=O)(=O)N(CC(=O)NCCCN2CCOCC2)c2cc(Cl)cc(Cl)c2)cc1. The van der Waals surface area contributed by atoms with Gasteiger partial charge in [0.1, 0.15) is 6.54 Å². The van der Waals surface area contributed by atoms with Gasteiger partial charge in [-0.05, 0) is 50.2 Å². The van der Waals surface area contributed by atoms with Gasteiger partial charge in [-0.3, -0.25) is 14.0 Å². The summed E-state index contributed by atoms with van der Waals surface area (Å²) >= 11 is 12.2. The van der Waals surface area contributed by atoms with Crippen molar-refractivity contribution in [3.05, 3.63) is 58.1 Å². The van der Waals surface area contributed by atoms with Crippen molar-refractivity contribution in [3.8, 4) is 0 Å². The normalized spacial score (nSPS) is 14.8. The van der Waals surface area contributed by atoms with Gasteiger partial charge in [0.2, 0.25) is 5.91 Å². The number of hydrogen-bond donors (Lipinski definition) is 1. The Hall–Kier alpha value is -1.84. The van der Waals surface area contributed by atoms with Crippen LogP contribution in [0.2, 0.25) is 10.0 Å². The number of hydrogen-bond acceptors (Lipinski definition) is 5. The van der Waals surface area contributed by atoms with E-state index in [0.29, 0.717) is 6.54 Å². The highest BCUT2D eigenvalue weighted by Crippen LogP contribution is 2.29. The molecule has 1 amide bonds. The lowest BCUT2D eigenvalue weighted by Crippen LogP contribution is -2.42. The summed E-state index contributed by atoms with van der Waals surface area (Å²) in [6.45, 7) is 5.99. The molecule has 3 rings (SSSR count). The quantitative estimate of drug-likeness (QED) is 0.535.